The molecular formula is C18H25N5. The molecular weight excluding hydrogens is 286 g/mol. The number of hydrogen-bond donors (Lipinski definition) is 1. The fourth-order valence-corrected chi connectivity index (χ4v) is 4.12. The predicted molar refractivity (Wildman–Crippen MR) is 86.2 cm³/mol. The van der Waals surface area contributed by atoms with E-state index in [1.807, 2.05) is 13.8 Å². The molecule has 1 fully saturated rings. The molecule has 1 rings (SSSR count). The molecule has 0 aliphatic heterocycles. The summed E-state index contributed by atoms with van der Waals surface area (Å²) >= 11 is 0. The minimum Gasteiger partial charge on any atom is -0.311 e. The Kier molecular flexibility index (Phi) is 6.57. The first-order valence-corrected chi connectivity index (χ1v) is 8.47. The summed E-state index contributed by atoms with van der Waals surface area (Å²) in [4.78, 5) is 0. The van der Waals surface area contributed by atoms with Crippen molar-refractivity contribution in [2.24, 2.45) is 22.7 Å². The van der Waals surface area contributed by atoms with E-state index in [9.17, 15) is 21.0 Å². The van der Waals surface area contributed by atoms with Crippen LogP contribution >= 0.6 is 0 Å². The maximum Gasteiger partial charge on any atom is 0.190 e. The van der Waals surface area contributed by atoms with Gasteiger partial charge in [-0.05, 0) is 31.2 Å². The van der Waals surface area contributed by atoms with Gasteiger partial charge in [0.05, 0.1) is 24.3 Å². The zero-order chi connectivity index (χ0) is 17.5. The van der Waals surface area contributed by atoms with Crippen LogP contribution in [0.5, 0.6) is 0 Å². The van der Waals surface area contributed by atoms with Crippen LogP contribution in [0.25, 0.3) is 0 Å². The first-order valence-electron chi connectivity index (χ1n) is 8.47. The van der Waals surface area contributed by atoms with Crippen molar-refractivity contribution in [3.05, 3.63) is 0 Å². The van der Waals surface area contributed by atoms with E-state index in [2.05, 4.69) is 36.5 Å². The topological polar surface area (TPSA) is 107 Å². The third-order valence-electron chi connectivity index (χ3n) is 5.26. The van der Waals surface area contributed by atoms with Crippen LogP contribution in [0.1, 0.15) is 52.9 Å². The van der Waals surface area contributed by atoms with Gasteiger partial charge >= 0.3 is 0 Å². The lowest BCUT2D eigenvalue weighted by molar-refractivity contribution is 0.238. The zero-order valence-electron chi connectivity index (χ0n) is 14.3. The SMILES string of the molecule is CCCCN[C@@H]1[C@H](CC)[C@H](CCC)C(C#N)(C#N)C1(C#N)C#N. The summed E-state index contributed by atoms with van der Waals surface area (Å²) < 4.78 is 0. The van der Waals surface area contributed by atoms with Gasteiger partial charge in [0.1, 0.15) is 0 Å². The molecule has 1 saturated carbocycles. The lowest BCUT2D eigenvalue weighted by Crippen LogP contribution is -2.49. The van der Waals surface area contributed by atoms with Gasteiger partial charge in [-0.1, -0.05) is 40.0 Å². The van der Waals surface area contributed by atoms with Crippen molar-refractivity contribution >= 4 is 0 Å². The Bertz CT molecular complexity index is 540. The molecule has 0 heterocycles. The van der Waals surface area contributed by atoms with Crippen LogP contribution in [0.3, 0.4) is 0 Å². The van der Waals surface area contributed by atoms with E-state index in [4.69, 9.17) is 0 Å². The molecule has 0 aromatic heterocycles. The van der Waals surface area contributed by atoms with E-state index in [1.54, 1.807) is 0 Å². The molecule has 0 aromatic carbocycles. The van der Waals surface area contributed by atoms with Crippen LogP contribution < -0.4 is 5.32 Å². The summed E-state index contributed by atoms with van der Waals surface area (Å²) in [6.07, 6.45) is 4.18. The van der Waals surface area contributed by atoms with Gasteiger partial charge < -0.3 is 5.32 Å². The third-order valence-corrected chi connectivity index (χ3v) is 5.26. The van der Waals surface area contributed by atoms with E-state index in [1.165, 1.54) is 0 Å². The molecule has 0 bridgehead atoms. The molecule has 23 heavy (non-hydrogen) atoms. The van der Waals surface area contributed by atoms with Crippen molar-refractivity contribution in [1.29, 1.82) is 21.0 Å². The van der Waals surface area contributed by atoms with Gasteiger partial charge in [-0.3, -0.25) is 0 Å². The van der Waals surface area contributed by atoms with Crippen LogP contribution in [0, 0.1) is 68.0 Å². The number of unbranched alkanes of at least 4 members (excludes halogenated alkanes) is 1. The fourth-order valence-electron chi connectivity index (χ4n) is 4.12. The summed E-state index contributed by atoms with van der Waals surface area (Å²) in [5, 5.41) is 42.6. The van der Waals surface area contributed by atoms with Gasteiger partial charge in [0.25, 0.3) is 0 Å². The molecule has 5 nitrogen and oxygen atoms in total. The molecule has 0 aromatic rings. The lowest BCUT2D eigenvalue weighted by atomic mass is 9.63. The normalized spacial score (nSPS) is 27.3. The van der Waals surface area contributed by atoms with Gasteiger partial charge in [0.2, 0.25) is 0 Å². The molecule has 0 spiro atoms. The first-order chi connectivity index (χ1) is 11.1. The third kappa shape index (κ3) is 2.67. The Morgan fingerprint density at radius 3 is 1.83 bits per heavy atom. The minimum absolute atomic E-state index is 0.0228. The second kappa shape index (κ2) is 7.97. The Labute approximate surface area is 139 Å². The number of hydrogen-bond acceptors (Lipinski definition) is 5. The van der Waals surface area contributed by atoms with Crippen molar-refractivity contribution in [3.63, 3.8) is 0 Å². The van der Waals surface area contributed by atoms with Gasteiger partial charge in [-0.2, -0.15) is 21.0 Å². The molecule has 122 valence electrons. The summed E-state index contributed by atoms with van der Waals surface area (Å²) in [6, 6.07) is 7.91. The van der Waals surface area contributed by atoms with Crippen molar-refractivity contribution in [2.45, 2.75) is 58.9 Å². The molecule has 5 heteroatoms. The highest BCUT2D eigenvalue weighted by Gasteiger charge is 2.71. The van der Waals surface area contributed by atoms with Crippen molar-refractivity contribution in [2.75, 3.05) is 6.54 Å². The molecule has 0 saturated heterocycles. The highest BCUT2D eigenvalue weighted by Crippen LogP contribution is 2.60. The fraction of sp³-hybridized carbons (Fsp3) is 0.778. The van der Waals surface area contributed by atoms with Crippen molar-refractivity contribution in [1.82, 2.24) is 5.32 Å². The standard InChI is InChI=1S/C18H25N5/c1-4-7-9-23-16-14(6-3)15(8-5-2)17(10-19,11-20)18(16,12-21)13-22/h14-16,23H,4-9H2,1-3H3/t14-,15+,16-/m1/s1. The smallest absolute Gasteiger partial charge is 0.190 e. The average molecular weight is 311 g/mol. The summed E-state index contributed by atoms with van der Waals surface area (Å²) in [6.45, 7) is 6.77. The first kappa shape index (κ1) is 19.0. The van der Waals surface area contributed by atoms with Gasteiger partial charge in [0.15, 0.2) is 10.8 Å². The number of rotatable bonds is 7. The van der Waals surface area contributed by atoms with Crippen molar-refractivity contribution in [3.8, 4) is 24.3 Å². The second-order valence-electron chi connectivity index (χ2n) is 6.32. The maximum atomic E-state index is 9.83. The maximum absolute atomic E-state index is 9.83. The molecule has 0 amide bonds. The van der Waals surface area contributed by atoms with Crippen LogP contribution in [-0.4, -0.2) is 12.6 Å². The van der Waals surface area contributed by atoms with Gasteiger partial charge in [-0.15, -0.1) is 0 Å². The molecule has 0 unspecified atom stereocenters. The van der Waals surface area contributed by atoms with E-state index in [0.29, 0.717) is 13.0 Å². The van der Waals surface area contributed by atoms with E-state index in [0.717, 1.165) is 25.7 Å². The van der Waals surface area contributed by atoms with E-state index < -0.39 is 16.9 Å². The van der Waals surface area contributed by atoms with Crippen LogP contribution in [0.15, 0.2) is 0 Å². The molecule has 0 radical (unpaired) electrons. The Balaban J connectivity index is 3.49. The Hall–Kier alpha value is -2.08. The number of nitrogens with one attached hydrogen (secondary N) is 1. The predicted octanol–water partition coefficient (Wildman–Crippen LogP) is 3.27. The molecule has 1 aliphatic rings. The van der Waals surface area contributed by atoms with Gasteiger partial charge in [0, 0.05) is 6.04 Å². The molecule has 1 aliphatic carbocycles. The lowest BCUT2D eigenvalue weighted by Gasteiger charge is -2.31. The average Bonchev–Trinajstić information content (AvgIpc) is 2.81. The second-order valence-corrected chi connectivity index (χ2v) is 6.32. The summed E-state index contributed by atoms with van der Waals surface area (Å²) in [5.74, 6) is -0.281. The molecule has 1 N–H and O–H groups in total. The largest absolute Gasteiger partial charge is 0.311 e. The van der Waals surface area contributed by atoms with Crippen molar-refractivity contribution < 1.29 is 0 Å². The highest BCUT2D eigenvalue weighted by atomic mass is 15.0. The minimum atomic E-state index is -1.62. The quantitative estimate of drug-likeness (QED) is 0.726. The molecule has 3 atom stereocenters. The van der Waals surface area contributed by atoms with Crippen LogP contribution in [0.4, 0.5) is 0 Å². The van der Waals surface area contributed by atoms with Gasteiger partial charge in [-0.25, -0.2) is 0 Å². The van der Waals surface area contributed by atoms with E-state index >= 15 is 0 Å². The Morgan fingerprint density at radius 1 is 0.870 bits per heavy atom. The number of nitriles is 4. The number of nitrogens with zero attached hydrogens (tertiary/aromatic N) is 4. The Morgan fingerprint density at radius 2 is 1.43 bits per heavy atom. The van der Waals surface area contributed by atoms with Crippen LogP contribution in [0.2, 0.25) is 0 Å². The summed E-state index contributed by atoms with van der Waals surface area (Å²) in [5.41, 5.74) is -3.19. The monoisotopic (exact) mass is 311 g/mol. The zero-order valence-corrected chi connectivity index (χ0v) is 14.3. The van der Waals surface area contributed by atoms with E-state index in [-0.39, 0.29) is 11.8 Å². The van der Waals surface area contributed by atoms with Crippen LogP contribution in [-0.2, 0) is 0 Å². The highest BCUT2D eigenvalue weighted by molar-refractivity contribution is 5.43. The summed E-state index contributed by atoms with van der Waals surface area (Å²) in [7, 11) is 0.